The van der Waals surface area contributed by atoms with Crippen LogP contribution in [0, 0.1) is 0 Å². The van der Waals surface area contributed by atoms with E-state index in [1.54, 1.807) is 26.1 Å². The summed E-state index contributed by atoms with van der Waals surface area (Å²) in [7, 11) is -1.48. The second-order valence-electron chi connectivity index (χ2n) is 4.24. The van der Waals surface area contributed by atoms with Crippen LogP contribution in [0.4, 0.5) is 5.82 Å². The lowest BCUT2D eigenvalue weighted by Gasteiger charge is -2.13. The molecule has 0 aliphatic carbocycles. The number of sulfone groups is 1. The maximum atomic E-state index is 11.9. The van der Waals surface area contributed by atoms with E-state index < -0.39 is 21.8 Å². The minimum Gasteiger partial charge on any atom is -0.373 e. The number of nitrogens with one attached hydrogen (secondary N) is 2. The molecule has 0 fully saturated rings. The van der Waals surface area contributed by atoms with Crippen LogP contribution in [-0.4, -0.2) is 44.4 Å². The molecule has 0 aliphatic rings. The van der Waals surface area contributed by atoms with Gasteiger partial charge in [0, 0.05) is 19.3 Å². The van der Waals surface area contributed by atoms with Crippen molar-refractivity contribution in [3.63, 3.8) is 0 Å². The van der Waals surface area contributed by atoms with Gasteiger partial charge in [0.25, 0.3) is 5.91 Å². The number of aromatic nitrogens is 1. The lowest BCUT2D eigenvalue weighted by molar-refractivity contribution is 0.0939. The molecular formula is C11H16ClN3O3S. The Morgan fingerprint density at radius 3 is 2.63 bits per heavy atom. The molecule has 0 saturated carbocycles. The van der Waals surface area contributed by atoms with E-state index in [1.165, 1.54) is 0 Å². The Balaban J connectivity index is 2.83. The fourth-order valence-electron chi connectivity index (χ4n) is 1.53. The summed E-state index contributed by atoms with van der Waals surface area (Å²) < 4.78 is 22.2. The number of nitrogens with zero attached hydrogens (tertiary/aromatic N) is 1. The highest BCUT2D eigenvalue weighted by Gasteiger charge is 2.17. The van der Waals surface area contributed by atoms with Crippen molar-refractivity contribution >= 4 is 33.2 Å². The van der Waals surface area contributed by atoms with Crippen LogP contribution in [0.3, 0.4) is 0 Å². The predicted molar refractivity (Wildman–Crippen MR) is 75.4 cm³/mol. The third kappa shape index (κ3) is 5.04. The van der Waals surface area contributed by atoms with Crippen LogP contribution in [-0.2, 0) is 9.84 Å². The van der Waals surface area contributed by atoms with Gasteiger partial charge in [-0.15, -0.1) is 0 Å². The van der Waals surface area contributed by atoms with Gasteiger partial charge < -0.3 is 10.6 Å². The number of hydrogen-bond acceptors (Lipinski definition) is 5. The molecular weight excluding hydrogens is 290 g/mol. The number of carbonyl (C=O) groups excluding carboxylic acids is 1. The maximum Gasteiger partial charge on any atom is 0.271 e. The van der Waals surface area contributed by atoms with E-state index in [1.807, 2.05) is 0 Å². The quantitative estimate of drug-likeness (QED) is 0.845. The van der Waals surface area contributed by atoms with Crippen LogP contribution in [0.2, 0.25) is 5.02 Å². The summed E-state index contributed by atoms with van der Waals surface area (Å²) in [6.45, 7) is 1.61. The van der Waals surface area contributed by atoms with Gasteiger partial charge in [0.1, 0.15) is 21.3 Å². The molecule has 6 nitrogen and oxygen atoms in total. The molecule has 0 aromatic carbocycles. The summed E-state index contributed by atoms with van der Waals surface area (Å²) in [5.41, 5.74) is 0.0638. The lowest BCUT2D eigenvalue weighted by atomic mass is 10.3. The van der Waals surface area contributed by atoms with Gasteiger partial charge in [-0.2, -0.15) is 0 Å². The topological polar surface area (TPSA) is 88.2 Å². The minimum atomic E-state index is -3.15. The molecule has 1 aromatic rings. The molecule has 106 valence electrons. The third-order valence-corrected chi connectivity index (χ3v) is 3.66. The number of anilines is 1. The maximum absolute atomic E-state index is 11.9. The molecule has 0 spiro atoms. The SMILES string of the molecule is CNc1ccc(Cl)c(C(=O)NC(C)CS(C)(=O)=O)n1. The van der Waals surface area contributed by atoms with E-state index >= 15 is 0 Å². The van der Waals surface area contributed by atoms with Crippen LogP contribution >= 0.6 is 11.6 Å². The second-order valence-corrected chi connectivity index (χ2v) is 6.84. The Morgan fingerprint density at radius 1 is 1.47 bits per heavy atom. The summed E-state index contributed by atoms with van der Waals surface area (Å²) in [6.07, 6.45) is 1.11. The van der Waals surface area contributed by atoms with Crippen LogP contribution < -0.4 is 10.6 Å². The van der Waals surface area contributed by atoms with Gasteiger partial charge in [-0.05, 0) is 19.1 Å². The molecule has 1 rings (SSSR count). The zero-order valence-electron chi connectivity index (χ0n) is 10.9. The van der Waals surface area contributed by atoms with Crippen LogP contribution in [0.25, 0.3) is 0 Å². The first-order chi connectivity index (χ1) is 8.73. The summed E-state index contributed by atoms with van der Waals surface area (Å²) >= 11 is 5.90. The van der Waals surface area contributed by atoms with E-state index in [9.17, 15) is 13.2 Å². The Hall–Kier alpha value is -1.34. The highest BCUT2D eigenvalue weighted by molar-refractivity contribution is 7.90. The van der Waals surface area contributed by atoms with Gasteiger partial charge >= 0.3 is 0 Å². The normalized spacial score (nSPS) is 12.8. The fraction of sp³-hybridized carbons (Fsp3) is 0.455. The molecule has 8 heteroatoms. The van der Waals surface area contributed by atoms with E-state index in [0.29, 0.717) is 5.82 Å². The fourth-order valence-corrected chi connectivity index (χ4v) is 2.71. The molecule has 1 atom stereocenters. The summed E-state index contributed by atoms with van der Waals surface area (Å²) in [5, 5.41) is 5.56. The Morgan fingerprint density at radius 2 is 2.11 bits per heavy atom. The molecule has 1 unspecified atom stereocenters. The number of hydrogen-bond donors (Lipinski definition) is 2. The zero-order valence-corrected chi connectivity index (χ0v) is 12.5. The van der Waals surface area contributed by atoms with Gasteiger partial charge in [0.05, 0.1) is 10.8 Å². The first-order valence-corrected chi connectivity index (χ1v) is 7.99. The molecule has 19 heavy (non-hydrogen) atoms. The van der Waals surface area contributed by atoms with Crippen molar-refractivity contribution in [3.8, 4) is 0 Å². The highest BCUT2D eigenvalue weighted by Crippen LogP contribution is 2.16. The summed E-state index contributed by atoms with van der Waals surface area (Å²) in [5.74, 6) is -0.134. The van der Waals surface area contributed by atoms with Crippen LogP contribution in [0.1, 0.15) is 17.4 Å². The monoisotopic (exact) mass is 305 g/mol. The van der Waals surface area contributed by atoms with Gasteiger partial charge in [-0.25, -0.2) is 13.4 Å². The first kappa shape index (κ1) is 15.7. The predicted octanol–water partition coefficient (Wildman–Crippen LogP) is 0.940. The molecule has 0 bridgehead atoms. The molecule has 0 saturated heterocycles. The van der Waals surface area contributed by atoms with Gasteiger partial charge in [-0.1, -0.05) is 11.6 Å². The highest BCUT2D eigenvalue weighted by atomic mass is 35.5. The smallest absolute Gasteiger partial charge is 0.271 e. The summed E-state index contributed by atoms with van der Waals surface area (Å²) in [4.78, 5) is 16.0. The van der Waals surface area contributed by atoms with E-state index in [2.05, 4.69) is 15.6 Å². The van der Waals surface area contributed by atoms with E-state index in [0.717, 1.165) is 6.26 Å². The average Bonchev–Trinajstić information content (AvgIpc) is 2.26. The number of pyridine rings is 1. The molecule has 0 aliphatic heterocycles. The Bertz CT molecular complexity index is 575. The molecule has 2 N–H and O–H groups in total. The zero-order chi connectivity index (χ0) is 14.6. The molecule has 1 heterocycles. The number of rotatable bonds is 5. The standard InChI is InChI=1S/C11H16ClN3O3S/c1-7(6-19(3,17)18)14-11(16)10-8(12)4-5-9(13-2)15-10/h4-5,7H,6H2,1-3H3,(H,13,15)(H,14,16). The van der Waals surface area contributed by atoms with Crippen LogP contribution in [0.5, 0.6) is 0 Å². The average molecular weight is 306 g/mol. The number of amides is 1. The van der Waals surface area contributed by atoms with E-state index in [4.69, 9.17) is 11.6 Å². The largest absolute Gasteiger partial charge is 0.373 e. The lowest BCUT2D eigenvalue weighted by Crippen LogP contribution is -2.37. The van der Waals surface area contributed by atoms with Crippen molar-refractivity contribution in [2.24, 2.45) is 0 Å². The Labute approximate surface area is 117 Å². The number of carbonyl (C=O) groups is 1. The first-order valence-electron chi connectivity index (χ1n) is 5.56. The van der Waals surface area contributed by atoms with Crippen molar-refractivity contribution in [1.82, 2.24) is 10.3 Å². The third-order valence-electron chi connectivity index (χ3n) is 2.25. The molecule has 1 aromatic heterocycles. The summed E-state index contributed by atoms with van der Waals surface area (Å²) in [6, 6.07) is 2.67. The van der Waals surface area contributed by atoms with Crippen molar-refractivity contribution in [2.75, 3.05) is 24.4 Å². The van der Waals surface area contributed by atoms with Crippen molar-refractivity contribution in [1.29, 1.82) is 0 Å². The van der Waals surface area contributed by atoms with Crippen LogP contribution in [0.15, 0.2) is 12.1 Å². The van der Waals surface area contributed by atoms with Gasteiger partial charge in [-0.3, -0.25) is 4.79 Å². The van der Waals surface area contributed by atoms with Gasteiger partial charge in [0.15, 0.2) is 0 Å². The Kier molecular flexibility index (Phi) is 5.13. The molecule has 0 radical (unpaired) electrons. The minimum absolute atomic E-state index is 0.0638. The van der Waals surface area contributed by atoms with Gasteiger partial charge in [0.2, 0.25) is 0 Å². The second kappa shape index (κ2) is 6.21. The van der Waals surface area contributed by atoms with E-state index in [-0.39, 0.29) is 16.5 Å². The molecule has 1 amide bonds. The van der Waals surface area contributed by atoms with Crippen molar-refractivity contribution in [3.05, 3.63) is 22.8 Å². The van der Waals surface area contributed by atoms with Crippen molar-refractivity contribution in [2.45, 2.75) is 13.0 Å². The van der Waals surface area contributed by atoms with Crippen molar-refractivity contribution < 1.29 is 13.2 Å². The number of halogens is 1.